The van der Waals surface area contributed by atoms with E-state index in [4.69, 9.17) is 5.41 Å². The van der Waals surface area contributed by atoms with Crippen molar-refractivity contribution < 1.29 is 51.4 Å². The maximum Gasteiger partial charge on any atom is 1.00 e. The Balaban J connectivity index is 0.000000283. The second-order valence-corrected chi connectivity index (χ2v) is 3.11. The molecule has 76 valence electrons. The molecule has 0 spiro atoms. The standard InChI is InChI=1S/C8H8N.C6H6.K/c1-7(9)8-5-3-2-4-6-8;1-2-4-6-5-3-1;/h2-6H,1H3;1-6H;/q-1;;+1. The summed E-state index contributed by atoms with van der Waals surface area (Å²) < 4.78 is 0. The first-order valence-electron chi connectivity index (χ1n) is 4.88. The molecular formula is C14H14KN. The summed E-state index contributed by atoms with van der Waals surface area (Å²) >= 11 is 0. The summed E-state index contributed by atoms with van der Waals surface area (Å²) in [6.07, 6.45) is 0. The van der Waals surface area contributed by atoms with Gasteiger partial charge in [0.1, 0.15) is 0 Å². The number of nitrogens with zero attached hydrogens (tertiary/aromatic N) is 1. The summed E-state index contributed by atoms with van der Waals surface area (Å²) in [5.74, 6) is 0. The van der Waals surface area contributed by atoms with Crippen LogP contribution in [0.5, 0.6) is 0 Å². The zero-order chi connectivity index (χ0) is 10.9. The third-order valence-corrected chi connectivity index (χ3v) is 1.86. The van der Waals surface area contributed by atoms with Gasteiger partial charge in [0.25, 0.3) is 0 Å². The van der Waals surface area contributed by atoms with Crippen LogP contribution in [0.25, 0.3) is 5.41 Å². The number of rotatable bonds is 1. The van der Waals surface area contributed by atoms with E-state index in [1.807, 2.05) is 66.7 Å². The zero-order valence-corrected chi connectivity index (χ0v) is 12.9. The molecule has 2 rings (SSSR count). The van der Waals surface area contributed by atoms with Gasteiger partial charge in [0.05, 0.1) is 0 Å². The van der Waals surface area contributed by atoms with E-state index >= 15 is 0 Å². The van der Waals surface area contributed by atoms with Crippen molar-refractivity contribution in [2.24, 2.45) is 0 Å². The minimum Gasteiger partial charge on any atom is -0.807 e. The molecule has 0 aromatic heterocycles. The maximum atomic E-state index is 8.94. The van der Waals surface area contributed by atoms with Gasteiger partial charge in [-0.05, 0) is 5.56 Å². The van der Waals surface area contributed by atoms with Gasteiger partial charge in [-0.15, -0.1) is 0 Å². The van der Waals surface area contributed by atoms with E-state index in [-0.39, 0.29) is 51.4 Å². The Morgan fingerprint density at radius 3 is 1.31 bits per heavy atom. The molecule has 16 heavy (non-hydrogen) atoms. The molecule has 0 saturated heterocycles. The normalized spacial score (nSPS) is 8.06. The summed E-state index contributed by atoms with van der Waals surface area (Å²) in [7, 11) is 0. The first-order chi connectivity index (χ1) is 7.30. The van der Waals surface area contributed by atoms with Gasteiger partial charge < -0.3 is 5.41 Å². The van der Waals surface area contributed by atoms with E-state index in [9.17, 15) is 0 Å². The Kier molecular flexibility index (Phi) is 9.78. The van der Waals surface area contributed by atoms with Crippen molar-refractivity contribution in [1.82, 2.24) is 0 Å². The molecule has 0 saturated carbocycles. The van der Waals surface area contributed by atoms with E-state index < -0.39 is 0 Å². The van der Waals surface area contributed by atoms with Crippen LogP contribution in [-0.2, 0) is 0 Å². The predicted octanol–water partition coefficient (Wildman–Crippen LogP) is 0.756. The second-order valence-electron chi connectivity index (χ2n) is 3.11. The Morgan fingerprint density at radius 2 is 1.06 bits per heavy atom. The van der Waals surface area contributed by atoms with Crippen molar-refractivity contribution in [2.75, 3.05) is 0 Å². The van der Waals surface area contributed by atoms with Crippen molar-refractivity contribution in [1.29, 1.82) is 0 Å². The van der Waals surface area contributed by atoms with Crippen molar-refractivity contribution in [3.05, 3.63) is 77.7 Å². The van der Waals surface area contributed by atoms with Gasteiger partial charge in [0.2, 0.25) is 0 Å². The van der Waals surface area contributed by atoms with Crippen LogP contribution in [0, 0.1) is 0 Å². The first-order valence-corrected chi connectivity index (χ1v) is 4.88. The molecule has 0 atom stereocenters. The van der Waals surface area contributed by atoms with Gasteiger partial charge in [-0.1, -0.05) is 73.7 Å². The minimum atomic E-state index is 0. The molecule has 0 aliphatic heterocycles. The molecule has 2 aromatic rings. The Bertz CT molecular complexity index is 357. The van der Waals surface area contributed by atoms with Gasteiger partial charge in [0, 0.05) is 0 Å². The van der Waals surface area contributed by atoms with Crippen LogP contribution in [0.15, 0.2) is 66.7 Å². The van der Waals surface area contributed by atoms with Crippen LogP contribution in [-0.4, -0.2) is 5.71 Å². The van der Waals surface area contributed by atoms with Crippen LogP contribution >= 0.6 is 0 Å². The molecule has 0 bridgehead atoms. The molecule has 0 aliphatic carbocycles. The van der Waals surface area contributed by atoms with Crippen LogP contribution in [0.4, 0.5) is 0 Å². The van der Waals surface area contributed by atoms with Gasteiger partial charge in [-0.3, -0.25) is 0 Å². The molecular weight excluding hydrogens is 221 g/mol. The van der Waals surface area contributed by atoms with Crippen LogP contribution < -0.4 is 51.4 Å². The summed E-state index contributed by atoms with van der Waals surface area (Å²) in [6.45, 7) is 1.68. The fraction of sp³-hybridized carbons (Fsp3) is 0.0714. The van der Waals surface area contributed by atoms with Gasteiger partial charge in [-0.25, -0.2) is 0 Å². The third-order valence-electron chi connectivity index (χ3n) is 1.86. The molecule has 0 heterocycles. The topological polar surface area (TPSA) is 22.3 Å². The minimum absolute atomic E-state index is 0. The largest absolute Gasteiger partial charge is 1.00 e. The SMILES string of the molecule is CC(=[N-])c1ccccc1.[K+].c1ccccc1. The molecule has 2 heteroatoms. The molecule has 0 fully saturated rings. The van der Waals surface area contributed by atoms with E-state index in [2.05, 4.69) is 0 Å². The van der Waals surface area contributed by atoms with E-state index in [1.165, 1.54) is 0 Å². The predicted molar refractivity (Wildman–Crippen MR) is 66.0 cm³/mol. The van der Waals surface area contributed by atoms with Gasteiger partial charge in [-0.2, -0.15) is 5.71 Å². The van der Waals surface area contributed by atoms with Crippen molar-refractivity contribution in [3.8, 4) is 0 Å². The quantitative estimate of drug-likeness (QED) is 0.514. The summed E-state index contributed by atoms with van der Waals surface area (Å²) in [4.78, 5) is 0. The summed E-state index contributed by atoms with van der Waals surface area (Å²) in [5.41, 5.74) is 1.26. The first kappa shape index (κ1) is 15.7. The third kappa shape index (κ3) is 7.09. The molecule has 0 aliphatic rings. The van der Waals surface area contributed by atoms with Gasteiger partial charge >= 0.3 is 51.4 Å². The fourth-order valence-corrected chi connectivity index (χ4v) is 1.06. The number of benzene rings is 2. The summed E-state index contributed by atoms with van der Waals surface area (Å²) in [5, 5.41) is 8.94. The molecule has 0 unspecified atom stereocenters. The van der Waals surface area contributed by atoms with Crippen LogP contribution in [0.3, 0.4) is 0 Å². The molecule has 0 N–H and O–H groups in total. The van der Waals surface area contributed by atoms with Gasteiger partial charge in [0.15, 0.2) is 0 Å². The van der Waals surface area contributed by atoms with Crippen LogP contribution in [0.1, 0.15) is 12.5 Å². The van der Waals surface area contributed by atoms with E-state index in [0.717, 1.165) is 5.56 Å². The molecule has 0 amide bonds. The number of hydrogen-bond acceptors (Lipinski definition) is 0. The maximum absolute atomic E-state index is 8.94. The Labute approximate surface area is 140 Å². The average molecular weight is 235 g/mol. The van der Waals surface area contributed by atoms with Crippen molar-refractivity contribution >= 4 is 5.71 Å². The fourth-order valence-electron chi connectivity index (χ4n) is 1.06. The van der Waals surface area contributed by atoms with Crippen molar-refractivity contribution in [2.45, 2.75) is 6.92 Å². The second kappa shape index (κ2) is 9.94. The average Bonchev–Trinajstić information content (AvgIpc) is 2.33. The Morgan fingerprint density at radius 1 is 0.750 bits per heavy atom. The Hall–Kier alpha value is -0.254. The number of hydrogen-bond donors (Lipinski definition) is 0. The molecule has 2 aromatic carbocycles. The smallest absolute Gasteiger partial charge is 0.807 e. The summed E-state index contributed by atoms with van der Waals surface area (Å²) in [6, 6.07) is 21.5. The molecule has 0 radical (unpaired) electrons. The zero-order valence-electron chi connectivity index (χ0n) is 9.80. The van der Waals surface area contributed by atoms with Crippen molar-refractivity contribution in [3.63, 3.8) is 0 Å². The van der Waals surface area contributed by atoms with E-state index in [0.29, 0.717) is 5.71 Å². The van der Waals surface area contributed by atoms with E-state index in [1.54, 1.807) is 6.92 Å². The monoisotopic (exact) mass is 235 g/mol. The molecule has 1 nitrogen and oxygen atoms in total. The van der Waals surface area contributed by atoms with Crippen LogP contribution in [0.2, 0.25) is 0 Å².